The standard InChI is InChI=1S/C21H25N5/c1-15(2)21-23-17-14-26(12-10-18(17)25(21)3)20-9-11-22-19(24-20)13-16-7-5-4-6-8-16/h4-9,11,15H,10,12-14H2,1-3H3. The molecule has 0 bridgehead atoms. The van der Waals surface area contributed by atoms with Crippen LogP contribution in [0.3, 0.4) is 0 Å². The molecule has 5 nitrogen and oxygen atoms in total. The number of nitrogens with zero attached hydrogens (tertiary/aromatic N) is 5. The Morgan fingerprint density at radius 1 is 1.08 bits per heavy atom. The van der Waals surface area contributed by atoms with Gasteiger partial charge in [-0.25, -0.2) is 15.0 Å². The highest BCUT2D eigenvalue weighted by molar-refractivity contribution is 5.42. The van der Waals surface area contributed by atoms with E-state index in [9.17, 15) is 0 Å². The molecule has 0 amide bonds. The molecule has 0 radical (unpaired) electrons. The van der Waals surface area contributed by atoms with Crippen LogP contribution in [-0.2, 0) is 26.4 Å². The Labute approximate surface area is 154 Å². The summed E-state index contributed by atoms with van der Waals surface area (Å²) in [5.74, 6) is 3.47. The lowest BCUT2D eigenvalue weighted by atomic mass is 10.1. The largest absolute Gasteiger partial charge is 0.350 e. The van der Waals surface area contributed by atoms with Crippen LogP contribution >= 0.6 is 0 Å². The van der Waals surface area contributed by atoms with Gasteiger partial charge >= 0.3 is 0 Å². The van der Waals surface area contributed by atoms with E-state index in [1.165, 1.54) is 22.8 Å². The number of hydrogen-bond donors (Lipinski definition) is 0. The zero-order valence-corrected chi connectivity index (χ0v) is 15.7. The van der Waals surface area contributed by atoms with E-state index >= 15 is 0 Å². The Morgan fingerprint density at radius 3 is 2.65 bits per heavy atom. The maximum atomic E-state index is 4.89. The first-order chi connectivity index (χ1) is 12.6. The summed E-state index contributed by atoms with van der Waals surface area (Å²) in [6.07, 6.45) is 3.63. The third-order valence-corrected chi connectivity index (χ3v) is 5.03. The fourth-order valence-corrected chi connectivity index (χ4v) is 3.69. The van der Waals surface area contributed by atoms with Gasteiger partial charge in [-0.2, -0.15) is 0 Å². The average molecular weight is 347 g/mol. The van der Waals surface area contributed by atoms with E-state index in [0.717, 1.165) is 37.6 Å². The molecule has 0 atom stereocenters. The summed E-state index contributed by atoms with van der Waals surface area (Å²) in [6, 6.07) is 12.4. The lowest BCUT2D eigenvalue weighted by molar-refractivity contribution is 0.657. The minimum atomic E-state index is 0.440. The van der Waals surface area contributed by atoms with Crippen LogP contribution in [0.15, 0.2) is 42.6 Å². The van der Waals surface area contributed by atoms with Gasteiger partial charge in [-0.15, -0.1) is 0 Å². The Bertz CT molecular complexity index is 898. The van der Waals surface area contributed by atoms with E-state index in [0.29, 0.717) is 5.92 Å². The van der Waals surface area contributed by atoms with Crippen LogP contribution in [-0.4, -0.2) is 26.1 Å². The molecule has 2 aromatic heterocycles. The van der Waals surface area contributed by atoms with Crippen LogP contribution < -0.4 is 4.90 Å². The molecule has 0 N–H and O–H groups in total. The van der Waals surface area contributed by atoms with Crippen LogP contribution in [0, 0.1) is 0 Å². The lowest BCUT2D eigenvalue weighted by Crippen LogP contribution is -2.32. The third kappa shape index (κ3) is 3.21. The second-order valence-electron chi connectivity index (χ2n) is 7.24. The van der Waals surface area contributed by atoms with Gasteiger partial charge in [0.15, 0.2) is 0 Å². The lowest BCUT2D eigenvalue weighted by Gasteiger charge is -2.27. The van der Waals surface area contributed by atoms with Crippen LogP contribution in [0.1, 0.15) is 48.4 Å². The molecule has 0 spiro atoms. The highest BCUT2D eigenvalue weighted by Crippen LogP contribution is 2.25. The fraction of sp³-hybridized carbons (Fsp3) is 0.381. The second-order valence-corrected chi connectivity index (χ2v) is 7.24. The summed E-state index contributed by atoms with van der Waals surface area (Å²) in [4.78, 5) is 16.5. The monoisotopic (exact) mass is 347 g/mol. The molecule has 3 aromatic rings. The second kappa shape index (κ2) is 6.90. The predicted octanol–water partition coefficient (Wildman–Crippen LogP) is 3.49. The van der Waals surface area contributed by atoms with Gasteiger partial charge < -0.3 is 9.47 Å². The molecule has 0 saturated heterocycles. The van der Waals surface area contributed by atoms with Crippen molar-refractivity contribution in [2.45, 2.75) is 39.2 Å². The van der Waals surface area contributed by atoms with Crippen molar-refractivity contribution in [1.29, 1.82) is 0 Å². The van der Waals surface area contributed by atoms with E-state index in [1.807, 2.05) is 18.3 Å². The molecule has 1 aliphatic heterocycles. The van der Waals surface area contributed by atoms with Crippen molar-refractivity contribution in [3.8, 4) is 0 Å². The van der Waals surface area contributed by atoms with Crippen LogP contribution in [0.25, 0.3) is 0 Å². The fourth-order valence-electron chi connectivity index (χ4n) is 3.69. The zero-order valence-electron chi connectivity index (χ0n) is 15.7. The molecule has 4 rings (SSSR count). The highest BCUT2D eigenvalue weighted by Gasteiger charge is 2.24. The summed E-state index contributed by atoms with van der Waals surface area (Å²) in [7, 11) is 2.14. The molecule has 1 aliphatic rings. The molecular weight excluding hydrogens is 322 g/mol. The Balaban J connectivity index is 1.55. The van der Waals surface area contributed by atoms with Crippen molar-refractivity contribution >= 4 is 5.82 Å². The van der Waals surface area contributed by atoms with E-state index in [-0.39, 0.29) is 0 Å². The zero-order chi connectivity index (χ0) is 18.1. The number of benzene rings is 1. The van der Waals surface area contributed by atoms with Crippen molar-refractivity contribution in [3.05, 3.63) is 71.2 Å². The minimum absolute atomic E-state index is 0.440. The SMILES string of the molecule is CC(C)c1nc2c(n1C)CCN(c1ccnc(Cc3ccccc3)n1)C2. The number of hydrogen-bond acceptors (Lipinski definition) is 4. The molecule has 0 aliphatic carbocycles. The van der Waals surface area contributed by atoms with Gasteiger partial charge in [0.05, 0.1) is 12.2 Å². The number of aromatic nitrogens is 4. The first-order valence-corrected chi connectivity index (χ1v) is 9.27. The Morgan fingerprint density at radius 2 is 1.88 bits per heavy atom. The van der Waals surface area contributed by atoms with Gasteiger partial charge in [0, 0.05) is 44.2 Å². The molecule has 5 heteroatoms. The summed E-state index contributed by atoms with van der Waals surface area (Å²) < 4.78 is 2.28. The molecule has 0 fully saturated rings. The predicted molar refractivity (Wildman–Crippen MR) is 103 cm³/mol. The summed E-state index contributed by atoms with van der Waals surface area (Å²) in [5.41, 5.74) is 3.78. The van der Waals surface area contributed by atoms with Gasteiger partial charge in [0.2, 0.25) is 0 Å². The van der Waals surface area contributed by atoms with Gasteiger partial charge in [0.25, 0.3) is 0 Å². The average Bonchev–Trinajstić information content (AvgIpc) is 2.99. The highest BCUT2D eigenvalue weighted by atomic mass is 15.2. The molecule has 134 valence electrons. The van der Waals surface area contributed by atoms with E-state index < -0.39 is 0 Å². The van der Waals surface area contributed by atoms with Crippen molar-refractivity contribution in [3.63, 3.8) is 0 Å². The van der Waals surface area contributed by atoms with Crippen molar-refractivity contribution < 1.29 is 0 Å². The maximum absolute atomic E-state index is 4.89. The van der Waals surface area contributed by atoms with Crippen molar-refractivity contribution in [2.75, 3.05) is 11.4 Å². The molecular formula is C21H25N5. The van der Waals surface area contributed by atoms with Gasteiger partial charge in [-0.05, 0) is 11.6 Å². The number of anilines is 1. The molecule has 3 heterocycles. The Hall–Kier alpha value is -2.69. The summed E-state index contributed by atoms with van der Waals surface area (Å²) >= 11 is 0. The molecule has 1 aromatic carbocycles. The van der Waals surface area contributed by atoms with Crippen molar-refractivity contribution in [2.24, 2.45) is 7.05 Å². The molecule has 0 unspecified atom stereocenters. The first-order valence-electron chi connectivity index (χ1n) is 9.27. The van der Waals surface area contributed by atoms with Gasteiger partial charge in [0.1, 0.15) is 17.5 Å². The first kappa shape index (κ1) is 16.8. The number of imidazole rings is 1. The van der Waals surface area contributed by atoms with Crippen molar-refractivity contribution in [1.82, 2.24) is 19.5 Å². The van der Waals surface area contributed by atoms with E-state index in [4.69, 9.17) is 9.97 Å². The van der Waals surface area contributed by atoms with Crippen LogP contribution in [0.2, 0.25) is 0 Å². The number of fused-ring (bicyclic) bond motifs is 1. The van der Waals surface area contributed by atoms with Gasteiger partial charge in [-0.1, -0.05) is 44.2 Å². The quantitative estimate of drug-likeness (QED) is 0.725. The normalized spacial score (nSPS) is 13.9. The van der Waals surface area contributed by atoms with Gasteiger partial charge in [-0.3, -0.25) is 0 Å². The van der Waals surface area contributed by atoms with E-state index in [1.54, 1.807) is 0 Å². The number of rotatable bonds is 4. The Kier molecular flexibility index (Phi) is 4.45. The third-order valence-electron chi connectivity index (χ3n) is 5.03. The van der Waals surface area contributed by atoms with Crippen LogP contribution in [0.4, 0.5) is 5.82 Å². The minimum Gasteiger partial charge on any atom is -0.350 e. The van der Waals surface area contributed by atoms with E-state index in [2.05, 4.69) is 59.6 Å². The topological polar surface area (TPSA) is 46.8 Å². The summed E-state index contributed by atoms with van der Waals surface area (Å²) in [6.45, 7) is 6.18. The summed E-state index contributed by atoms with van der Waals surface area (Å²) in [5, 5.41) is 0. The molecule has 0 saturated carbocycles. The maximum Gasteiger partial charge on any atom is 0.135 e. The smallest absolute Gasteiger partial charge is 0.135 e. The van der Waals surface area contributed by atoms with Crippen LogP contribution in [0.5, 0.6) is 0 Å². The molecule has 26 heavy (non-hydrogen) atoms.